The van der Waals surface area contributed by atoms with Crippen molar-refractivity contribution in [2.45, 2.75) is 19.9 Å². The van der Waals surface area contributed by atoms with Crippen LogP contribution >= 0.6 is 0 Å². The molecule has 1 heterocycles. The molecule has 0 amide bonds. The fourth-order valence-electron chi connectivity index (χ4n) is 1.03. The van der Waals surface area contributed by atoms with Crippen LogP contribution in [-0.2, 0) is 16.2 Å². The predicted molar refractivity (Wildman–Crippen MR) is 51.3 cm³/mol. The van der Waals surface area contributed by atoms with Gasteiger partial charge in [0.2, 0.25) is 0 Å². The number of hydrogen-bond acceptors (Lipinski definition) is 6. The van der Waals surface area contributed by atoms with E-state index in [0.717, 1.165) is 0 Å². The smallest absolute Gasteiger partial charge is 0.328 e. The lowest BCUT2D eigenvalue weighted by molar-refractivity contribution is -0.151. The van der Waals surface area contributed by atoms with Crippen LogP contribution in [-0.4, -0.2) is 15.7 Å². The summed E-state index contributed by atoms with van der Waals surface area (Å²) in [6.45, 7) is 1.93. The summed E-state index contributed by atoms with van der Waals surface area (Å²) in [4.78, 5) is 26.4. The van der Waals surface area contributed by atoms with Crippen molar-refractivity contribution < 1.29 is 9.63 Å². The number of carbonyl (C=O) groups is 1. The van der Waals surface area contributed by atoms with E-state index in [-0.39, 0.29) is 18.5 Å². The van der Waals surface area contributed by atoms with Crippen LogP contribution in [0.1, 0.15) is 12.1 Å². The lowest BCUT2D eigenvalue weighted by Gasteiger charge is -2.04. The third-order valence-corrected chi connectivity index (χ3v) is 1.70. The molecule has 1 aromatic heterocycles. The van der Waals surface area contributed by atoms with Gasteiger partial charge in [0.05, 0.1) is 18.7 Å². The molecule has 15 heavy (non-hydrogen) atoms. The first-order valence-electron chi connectivity index (χ1n) is 4.33. The van der Waals surface area contributed by atoms with E-state index >= 15 is 0 Å². The van der Waals surface area contributed by atoms with E-state index in [1.165, 1.54) is 10.7 Å². The minimum absolute atomic E-state index is 0.0283. The van der Waals surface area contributed by atoms with Gasteiger partial charge in [-0.05, 0) is 13.0 Å². The average Bonchev–Trinajstić information content (AvgIpc) is 2.20. The normalized spacial score (nSPS) is 10.0. The molecule has 1 rings (SSSR count). The Bertz CT molecular complexity index is 401. The Hall–Kier alpha value is -1.73. The number of nitrogens with one attached hydrogen (secondary N) is 1. The summed E-state index contributed by atoms with van der Waals surface area (Å²) in [6.07, 6.45) is 0.0283. The summed E-state index contributed by atoms with van der Waals surface area (Å²) in [5.41, 5.74) is 2.23. The quantitative estimate of drug-likeness (QED) is 0.483. The van der Waals surface area contributed by atoms with Gasteiger partial charge in [0.1, 0.15) is 0 Å². The van der Waals surface area contributed by atoms with Gasteiger partial charge in [-0.3, -0.25) is 9.59 Å². The van der Waals surface area contributed by atoms with Crippen LogP contribution in [0.25, 0.3) is 0 Å². The van der Waals surface area contributed by atoms with Crippen molar-refractivity contribution >= 4 is 5.97 Å². The van der Waals surface area contributed by atoms with Gasteiger partial charge in [0, 0.05) is 6.07 Å². The van der Waals surface area contributed by atoms with Crippen LogP contribution in [0, 0.1) is 6.92 Å². The Morgan fingerprint density at radius 3 is 3.07 bits per heavy atom. The van der Waals surface area contributed by atoms with Crippen LogP contribution in [0.15, 0.2) is 16.9 Å². The fourth-order valence-corrected chi connectivity index (χ4v) is 1.03. The number of hydrazine groups is 1. The molecule has 0 bridgehead atoms. The highest BCUT2D eigenvalue weighted by molar-refractivity contribution is 5.68. The van der Waals surface area contributed by atoms with Gasteiger partial charge in [-0.15, -0.1) is 0 Å². The van der Waals surface area contributed by atoms with Crippen LogP contribution in [0.2, 0.25) is 0 Å². The summed E-state index contributed by atoms with van der Waals surface area (Å²) in [5.74, 6) is 4.23. The Morgan fingerprint density at radius 1 is 1.67 bits per heavy atom. The van der Waals surface area contributed by atoms with E-state index < -0.39 is 5.97 Å². The molecule has 0 aromatic carbocycles. The molecule has 0 saturated heterocycles. The third kappa shape index (κ3) is 3.49. The van der Waals surface area contributed by atoms with E-state index in [2.05, 4.69) is 9.94 Å². The third-order valence-electron chi connectivity index (χ3n) is 1.70. The Labute approximate surface area is 85.8 Å². The molecule has 0 aliphatic heterocycles. The van der Waals surface area contributed by atoms with Gasteiger partial charge in [-0.25, -0.2) is 10.5 Å². The van der Waals surface area contributed by atoms with Crippen LogP contribution in [0.4, 0.5) is 0 Å². The first kappa shape index (κ1) is 11.3. The maximum absolute atomic E-state index is 11.2. The van der Waals surface area contributed by atoms with Crippen molar-refractivity contribution in [2.24, 2.45) is 5.84 Å². The monoisotopic (exact) mass is 212 g/mol. The standard InChI is InChI=1S/C8H12N4O3/c1-6-2-3-7(13)12(10-6)5-4-8(14)15-11-9/h2-3,11H,4-5,9H2,1H3. The molecule has 0 spiro atoms. The Kier molecular flexibility index (Phi) is 3.95. The van der Waals surface area contributed by atoms with Crippen molar-refractivity contribution in [1.29, 1.82) is 0 Å². The summed E-state index contributed by atoms with van der Waals surface area (Å²) < 4.78 is 1.20. The molecule has 82 valence electrons. The molecule has 7 nitrogen and oxygen atoms in total. The molecule has 0 fully saturated rings. The van der Waals surface area contributed by atoms with Gasteiger partial charge in [-0.2, -0.15) is 5.10 Å². The molecule has 0 unspecified atom stereocenters. The summed E-state index contributed by atoms with van der Waals surface area (Å²) in [6, 6.07) is 3.01. The Morgan fingerprint density at radius 2 is 2.40 bits per heavy atom. The summed E-state index contributed by atoms with van der Waals surface area (Å²) in [7, 11) is 0. The van der Waals surface area contributed by atoms with Crippen LogP contribution in [0.5, 0.6) is 0 Å². The van der Waals surface area contributed by atoms with E-state index in [4.69, 9.17) is 5.84 Å². The molecule has 0 atom stereocenters. The predicted octanol–water partition coefficient (Wildman–Crippen LogP) is -1.14. The number of nitrogens with zero attached hydrogens (tertiary/aromatic N) is 2. The number of rotatable bonds is 4. The molecule has 0 saturated carbocycles. The number of carbonyl (C=O) groups excluding carboxylic acids is 1. The largest absolute Gasteiger partial charge is 0.356 e. The molecule has 0 radical (unpaired) electrons. The summed E-state index contributed by atoms with van der Waals surface area (Å²) >= 11 is 0. The van der Waals surface area contributed by atoms with E-state index in [1.807, 2.05) is 0 Å². The molecule has 0 aliphatic rings. The topological polar surface area (TPSA) is 99.2 Å². The molecule has 3 N–H and O–H groups in total. The van der Waals surface area contributed by atoms with Gasteiger partial charge >= 0.3 is 5.97 Å². The highest BCUT2D eigenvalue weighted by Crippen LogP contribution is 1.90. The van der Waals surface area contributed by atoms with Crippen molar-refractivity contribution in [3.8, 4) is 0 Å². The number of aryl methyl sites for hydroxylation is 2. The summed E-state index contributed by atoms with van der Waals surface area (Å²) in [5, 5.41) is 3.95. The number of nitrogens with two attached hydrogens (primary N) is 1. The average molecular weight is 212 g/mol. The van der Waals surface area contributed by atoms with Gasteiger partial charge in [-0.1, -0.05) is 5.59 Å². The second-order valence-electron chi connectivity index (χ2n) is 2.88. The van der Waals surface area contributed by atoms with Gasteiger partial charge in [0.15, 0.2) is 0 Å². The fraction of sp³-hybridized carbons (Fsp3) is 0.375. The Balaban J connectivity index is 2.61. The first-order valence-corrected chi connectivity index (χ1v) is 4.33. The van der Waals surface area contributed by atoms with Crippen molar-refractivity contribution in [3.63, 3.8) is 0 Å². The maximum Gasteiger partial charge on any atom is 0.328 e. The van der Waals surface area contributed by atoms with Crippen molar-refractivity contribution in [2.75, 3.05) is 0 Å². The number of hydrogen-bond donors (Lipinski definition) is 2. The van der Waals surface area contributed by atoms with E-state index in [1.54, 1.807) is 18.6 Å². The van der Waals surface area contributed by atoms with Gasteiger partial charge < -0.3 is 4.84 Å². The molecular weight excluding hydrogens is 200 g/mol. The second-order valence-corrected chi connectivity index (χ2v) is 2.88. The molecule has 7 heteroatoms. The SMILES string of the molecule is Cc1ccc(=O)n(CCC(=O)ONN)n1. The zero-order valence-corrected chi connectivity index (χ0v) is 8.27. The lowest BCUT2D eigenvalue weighted by Crippen LogP contribution is -2.28. The van der Waals surface area contributed by atoms with E-state index in [9.17, 15) is 9.59 Å². The second kappa shape index (κ2) is 5.23. The van der Waals surface area contributed by atoms with Crippen molar-refractivity contribution in [3.05, 3.63) is 28.2 Å². The highest BCUT2D eigenvalue weighted by atomic mass is 16.7. The molecule has 0 aliphatic carbocycles. The molecular formula is C8H12N4O3. The highest BCUT2D eigenvalue weighted by Gasteiger charge is 2.04. The van der Waals surface area contributed by atoms with Gasteiger partial charge in [0.25, 0.3) is 5.56 Å². The molecule has 1 aromatic rings. The van der Waals surface area contributed by atoms with Crippen LogP contribution < -0.4 is 17.0 Å². The van der Waals surface area contributed by atoms with Crippen LogP contribution in [0.3, 0.4) is 0 Å². The first-order chi connectivity index (χ1) is 7.13. The zero-order chi connectivity index (χ0) is 11.3. The minimum atomic E-state index is -0.548. The van der Waals surface area contributed by atoms with E-state index in [0.29, 0.717) is 5.69 Å². The number of aromatic nitrogens is 2. The van der Waals surface area contributed by atoms with Crippen molar-refractivity contribution in [1.82, 2.24) is 15.4 Å². The lowest BCUT2D eigenvalue weighted by atomic mass is 10.4. The minimum Gasteiger partial charge on any atom is -0.356 e. The maximum atomic E-state index is 11.2. The zero-order valence-electron chi connectivity index (χ0n) is 8.27.